The molecule has 0 radical (unpaired) electrons. The standard InChI is InChI=1S/C22H24O5S/c1-3-18(26-21(24)16-10-6-4-7-11-16)20(23)15(2)19(14-28)27-22(25)17-12-8-5-9-13-17/h4-13,15,18-19,28H,3,14H2,1-2H3. The Morgan fingerprint density at radius 2 is 1.32 bits per heavy atom. The Labute approximate surface area is 170 Å². The molecule has 0 aliphatic rings. The molecule has 0 bridgehead atoms. The lowest BCUT2D eigenvalue weighted by Crippen LogP contribution is -2.39. The van der Waals surface area contributed by atoms with Gasteiger partial charge in [-0.15, -0.1) is 0 Å². The molecule has 5 nitrogen and oxygen atoms in total. The molecule has 3 unspecified atom stereocenters. The lowest BCUT2D eigenvalue weighted by atomic mass is 9.95. The molecule has 0 heterocycles. The van der Waals surface area contributed by atoms with Gasteiger partial charge >= 0.3 is 11.9 Å². The molecule has 2 rings (SSSR count). The zero-order chi connectivity index (χ0) is 20.5. The highest BCUT2D eigenvalue weighted by Crippen LogP contribution is 2.18. The zero-order valence-electron chi connectivity index (χ0n) is 15.9. The summed E-state index contributed by atoms with van der Waals surface area (Å²) in [5.74, 6) is -1.87. The number of carbonyl (C=O) groups excluding carboxylic acids is 3. The fraction of sp³-hybridized carbons (Fsp3) is 0.318. The topological polar surface area (TPSA) is 69.7 Å². The second-order valence-electron chi connectivity index (χ2n) is 6.35. The molecule has 148 valence electrons. The Balaban J connectivity index is 2.04. The number of thiol groups is 1. The minimum atomic E-state index is -0.916. The molecule has 6 heteroatoms. The van der Waals surface area contributed by atoms with Gasteiger partial charge in [0.25, 0.3) is 0 Å². The Bertz CT molecular complexity index is 791. The highest BCUT2D eigenvalue weighted by atomic mass is 32.1. The number of hydrogen-bond donors (Lipinski definition) is 1. The maximum absolute atomic E-state index is 12.9. The van der Waals surface area contributed by atoms with E-state index in [-0.39, 0.29) is 11.5 Å². The second-order valence-corrected chi connectivity index (χ2v) is 6.72. The first-order valence-corrected chi connectivity index (χ1v) is 9.77. The molecular formula is C22H24O5S. The predicted molar refractivity (Wildman–Crippen MR) is 110 cm³/mol. The third kappa shape index (κ3) is 5.70. The van der Waals surface area contributed by atoms with Gasteiger partial charge in [-0.1, -0.05) is 50.2 Å². The van der Waals surface area contributed by atoms with Crippen LogP contribution in [0.4, 0.5) is 0 Å². The van der Waals surface area contributed by atoms with Gasteiger partial charge in [0.15, 0.2) is 11.9 Å². The van der Waals surface area contributed by atoms with Crippen LogP contribution in [0.5, 0.6) is 0 Å². The number of ether oxygens (including phenoxy) is 2. The highest BCUT2D eigenvalue weighted by Gasteiger charge is 2.33. The van der Waals surface area contributed by atoms with Crippen LogP contribution in [0.3, 0.4) is 0 Å². The van der Waals surface area contributed by atoms with Crippen LogP contribution in [0.2, 0.25) is 0 Å². The molecular weight excluding hydrogens is 376 g/mol. The van der Waals surface area contributed by atoms with Crippen LogP contribution in [0.25, 0.3) is 0 Å². The van der Waals surface area contributed by atoms with Gasteiger partial charge in [0.05, 0.1) is 17.0 Å². The van der Waals surface area contributed by atoms with Gasteiger partial charge < -0.3 is 9.47 Å². The van der Waals surface area contributed by atoms with Crippen molar-refractivity contribution in [3.63, 3.8) is 0 Å². The van der Waals surface area contributed by atoms with Crippen molar-refractivity contribution < 1.29 is 23.9 Å². The van der Waals surface area contributed by atoms with Crippen LogP contribution in [0.1, 0.15) is 41.0 Å². The average molecular weight is 400 g/mol. The molecule has 0 aromatic heterocycles. The molecule has 0 saturated carbocycles. The van der Waals surface area contributed by atoms with Crippen molar-refractivity contribution in [1.82, 2.24) is 0 Å². The lowest BCUT2D eigenvalue weighted by molar-refractivity contribution is -0.134. The van der Waals surface area contributed by atoms with E-state index in [1.165, 1.54) is 0 Å². The predicted octanol–water partition coefficient (Wildman–Crippen LogP) is 3.98. The Morgan fingerprint density at radius 3 is 1.75 bits per heavy atom. The number of ketones is 1. The molecule has 0 amide bonds. The van der Waals surface area contributed by atoms with Gasteiger partial charge in [-0.3, -0.25) is 4.79 Å². The number of hydrogen-bond acceptors (Lipinski definition) is 6. The Hall–Kier alpha value is -2.60. The van der Waals surface area contributed by atoms with E-state index in [9.17, 15) is 14.4 Å². The number of Topliss-reactive ketones (excluding diaryl/α,β-unsaturated/α-hetero) is 1. The zero-order valence-corrected chi connectivity index (χ0v) is 16.8. The van der Waals surface area contributed by atoms with E-state index < -0.39 is 30.1 Å². The monoisotopic (exact) mass is 400 g/mol. The van der Waals surface area contributed by atoms with E-state index in [0.717, 1.165) is 0 Å². The minimum absolute atomic E-state index is 0.175. The molecule has 0 saturated heterocycles. The first-order chi connectivity index (χ1) is 13.5. The maximum atomic E-state index is 12.9. The van der Waals surface area contributed by atoms with Crippen molar-refractivity contribution in [2.24, 2.45) is 5.92 Å². The molecule has 2 aromatic rings. The summed E-state index contributed by atoms with van der Waals surface area (Å²) in [4.78, 5) is 37.4. The van der Waals surface area contributed by atoms with Crippen LogP contribution in [0.15, 0.2) is 60.7 Å². The van der Waals surface area contributed by atoms with Crippen LogP contribution in [-0.2, 0) is 14.3 Å². The first-order valence-electron chi connectivity index (χ1n) is 9.14. The van der Waals surface area contributed by atoms with Crippen molar-refractivity contribution >= 4 is 30.4 Å². The molecule has 0 fully saturated rings. The van der Waals surface area contributed by atoms with E-state index in [2.05, 4.69) is 12.6 Å². The first kappa shape index (κ1) is 21.7. The van der Waals surface area contributed by atoms with E-state index in [1.807, 2.05) is 0 Å². The van der Waals surface area contributed by atoms with Crippen molar-refractivity contribution in [3.05, 3.63) is 71.8 Å². The van der Waals surface area contributed by atoms with Crippen LogP contribution in [-0.4, -0.2) is 35.7 Å². The van der Waals surface area contributed by atoms with Crippen LogP contribution < -0.4 is 0 Å². The number of carbonyl (C=O) groups is 3. The van der Waals surface area contributed by atoms with Crippen molar-refractivity contribution in [3.8, 4) is 0 Å². The summed E-state index contributed by atoms with van der Waals surface area (Å²) in [7, 11) is 0. The SMILES string of the molecule is CCC(OC(=O)c1ccccc1)C(=O)C(C)C(CS)OC(=O)c1ccccc1. The van der Waals surface area contributed by atoms with Crippen LogP contribution >= 0.6 is 12.6 Å². The summed E-state index contributed by atoms with van der Waals surface area (Å²) < 4.78 is 10.9. The third-order valence-corrected chi connectivity index (χ3v) is 4.76. The molecule has 0 aliphatic carbocycles. The summed E-state index contributed by atoms with van der Waals surface area (Å²) in [6, 6.07) is 17.0. The quantitative estimate of drug-likeness (QED) is 0.509. The molecule has 0 N–H and O–H groups in total. The molecule has 28 heavy (non-hydrogen) atoms. The average Bonchev–Trinajstić information content (AvgIpc) is 2.75. The van der Waals surface area contributed by atoms with Gasteiger partial charge in [-0.25, -0.2) is 9.59 Å². The van der Waals surface area contributed by atoms with Crippen LogP contribution in [0, 0.1) is 5.92 Å². The minimum Gasteiger partial charge on any atom is -0.457 e. The number of rotatable bonds is 9. The Morgan fingerprint density at radius 1 is 0.857 bits per heavy atom. The number of esters is 2. The summed E-state index contributed by atoms with van der Waals surface area (Å²) >= 11 is 4.22. The smallest absolute Gasteiger partial charge is 0.338 e. The normalized spacial score (nSPS) is 13.8. The third-order valence-electron chi connectivity index (χ3n) is 4.40. The summed E-state index contributed by atoms with van der Waals surface area (Å²) in [6.07, 6.45) is -1.32. The second kappa shape index (κ2) is 10.7. The van der Waals surface area contributed by atoms with E-state index in [1.54, 1.807) is 74.5 Å². The largest absolute Gasteiger partial charge is 0.457 e. The van der Waals surface area contributed by atoms with Crippen molar-refractivity contribution in [2.45, 2.75) is 32.5 Å². The summed E-state index contributed by atoms with van der Waals surface area (Å²) in [5.41, 5.74) is 0.777. The summed E-state index contributed by atoms with van der Waals surface area (Å²) in [6.45, 7) is 3.42. The highest BCUT2D eigenvalue weighted by molar-refractivity contribution is 7.80. The fourth-order valence-corrected chi connectivity index (χ4v) is 3.06. The van der Waals surface area contributed by atoms with Gasteiger partial charge in [0.2, 0.25) is 0 Å². The molecule has 0 spiro atoms. The molecule has 0 aliphatic heterocycles. The van der Waals surface area contributed by atoms with Crippen molar-refractivity contribution in [1.29, 1.82) is 0 Å². The van der Waals surface area contributed by atoms with Gasteiger partial charge in [0.1, 0.15) is 6.10 Å². The molecule has 2 aromatic carbocycles. The van der Waals surface area contributed by atoms with E-state index in [4.69, 9.17) is 9.47 Å². The van der Waals surface area contributed by atoms with E-state index >= 15 is 0 Å². The Kier molecular flexibility index (Phi) is 8.26. The van der Waals surface area contributed by atoms with Gasteiger partial charge in [-0.2, -0.15) is 12.6 Å². The number of benzene rings is 2. The summed E-state index contributed by atoms with van der Waals surface area (Å²) in [5, 5.41) is 0. The van der Waals surface area contributed by atoms with E-state index in [0.29, 0.717) is 17.5 Å². The molecule has 3 atom stereocenters. The van der Waals surface area contributed by atoms with Gasteiger partial charge in [0, 0.05) is 5.75 Å². The van der Waals surface area contributed by atoms with Crippen molar-refractivity contribution in [2.75, 3.05) is 5.75 Å². The maximum Gasteiger partial charge on any atom is 0.338 e. The fourth-order valence-electron chi connectivity index (χ4n) is 2.67. The lowest BCUT2D eigenvalue weighted by Gasteiger charge is -2.25. The van der Waals surface area contributed by atoms with Gasteiger partial charge in [-0.05, 0) is 30.7 Å².